The topological polar surface area (TPSA) is 68.6 Å². The molecule has 5 heteroatoms. The smallest absolute Gasteiger partial charge is 0.348 e. The van der Waals surface area contributed by atoms with Crippen LogP contribution >= 0.6 is 0 Å². The molecule has 0 aliphatic carbocycles. The fourth-order valence-electron chi connectivity index (χ4n) is 2.04. The molecule has 2 rings (SSSR count). The molecule has 0 aromatic heterocycles. The van der Waals surface area contributed by atoms with Crippen LogP contribution < -0.4 is 9.47 Å². The van der Waals surface area contributed by atoms with E-state index in [4.69, 9.17) is 14.7 Å². The van der Waals surface area contributed by atoms with Crippen molar-refractivity contribution in [1.29, 1.82) is 5.26 Å². The number of carbonyl (C=O) groups is 1. The van der Waals surface area contributed by atoms with Crippen molar-refractivity contribution in [2.45, 2.75) is 6.61 Å². The summed E-state index contributed by atoms with van der Waals surface area (Å²) in [6.07, 6.45) is 1.45. The Kier molecular flexibility index (Phi) is 5.98. The van der Waals surface area contributed by atoms with E-state index in [0.29, 0.717) is 23.7 Å². The Labute approximate surface area is 140 Å². The van der Waals surface area contributed by atoms with Gasteiger partial charge in [0.2, 0.25) is 0 Å². The number of ether oxygens (including phenoxy) is 3. The quantitative estimate of drug-likeness (QED) is 0.463. The summed E-state index contributed by atoms with van der Waals surface area (Å²) in [5.41, 5.74) is 1.57. The Bertz CT molecular complexity index is 776. The van der Waals surface area contributed by atoms with Gasteiger partial charge in [0.25, 0.3) is 0 Å². The maximum Gasteiger partial charge on any atom is 0.348 e. The lowest BCUT2D eigenvalue weighted by Gasteiger charge is -2.11. The van der Waals surface area contributed by atoms with E-state index in [2.05, 4.69) is 4.74 Å². The van der Waals surface area contributed by atoms with Crippen LogP contribution in [0.3, 0.4) is 0 Å². The fraction of sp³-hybridized carbons (Fsp3) is 0.158. The highest BCUT2D eigenvalue weighted by molar-refractivity contribution is 5.97. The second kappa shape index (κ2) is 8.39. The van der Waals surface area contributed by atoms with Gasteiger partial charge in [0.1, 0.15) is 18.2 Å². The molecule has 0 atom stereocenters. The largest absolute Gasteiger partial charge is 0.493 e. The number of carbonyl (C=O) groups excluding carboxylic acids is 1. The van der Waals surface area contributed by atoms with Crippen molar-refractivity contribution in [3.63, 3.8) is 0 Å². The maximum atomic E-state index is 11.5. The predicted octanol–water partition coefficient (Wildman–Crippen LogP) is 3.35. The van der Waals surface area contributed by atoms with Crippen LogP contribution in [0.15, 0.2) is 54.1 Å². The summed E-state index contributed by atoms with van der Waals surface area (Å²) in [4.78, 5) is 11.5. The number of hydrogen-bond donors (Lipinski definition) is 0. The monoisotopic (exact) mass is 323 g/mol. The molecule has 0 spiro atoms. The number of rotatable bonds is 6. The van der Waals surface area contributed by atoms with Gasteiger partial charge in [-0.2, -0.15) is 5.26 Å². The first kappa shape index (κ1) is 17.1. The Balaban J connectivity index is 2.25. The van der Waals surface area contributed by atoms with Crippen LogP contribution in [0, 0.1) is 11.3 Å². The van der Waals surface area contributed by atoms with Crippen LogP contribution in [0.5, 0.6) is 11.5 Å². The molecule has 0 unspecified atom stereocenters. The first-order chi connectivity index (χ1) is 11.7. The van der Waals surface area contributed by atoms with Gasteiger partial charge in [-0.15, -0.1) is 0 Å². The number of benzene rings is 2. The molecule has 0 N–H and O–H groups in total. The predicted molar refractivity (Wildman–Crippen MR) is 89.4 cm³/mol. The Morgan fingerprint density at radius 1 is 1.12 bits per heavy atom. The first-order valence-electron chi connectivity index (χ1n) is 7.22. The zero-order chi connectivity index (χ0) is 17.4. The first-order valence-corrected chi connectivity index (χ1v) is 7.22. The lowest BCUT2D eigenvalue weighted by Crippen LogP contribution is -2.02. The number of nitrogens with zero attached hydrogens (tertiary/aromatic N) is 1. The number of methoxy groups -OCH3 is 2. The van der Waals surface area contributed by atoms with Crippen molar-refractivity contribution < 1.29 is 19.0 Å². The van der Waals surface area contributed by atoms with Crippen molar-refractivity contribution in [2.24, 2.45) is 0 Å². The number of hydrogen-bond acceptors (Lipinski definition) is 5. The molecule has 0 heterocycles. The van der Waals surface area contributed by atoms with Gasteiger partial charge < -0.3 is 14.2 Å². The van der Waals surface area contributed by atoms with E-state index in [9.17, 15) is 4.79 Å². The Morgan fingerprint density at radius 3 is 2.50 bits per heavy atom. The average molecular weight is 323 g/mol. The number of nitriles is 1. The van der Waals surface area contributed by atoms with Gasteiger partial charge in [-0.3, -0.25) is 0 Å². The van der Waals surface area contributed by atoms with E-state index in [1.807, 2.05) is 36.4 Å². The van der Waals surface area contributed by atoms with E-state index in [0.717, 1.165) is 5.56 Å². The van der Waals surface area contributed by atoms with Gasteiger partial charge >= 0.3 is 5.97 Å². The van der Waals surface area contributed by atoms with Gasteiger partial charge in [-0.1, -0.05) is 36.4 Å². The van der Waals surface area contributed by atoms with Crippen molar-refractivity contribution in [3.05, 3.63) is 65.2 Å². The van der Waals surface area contributed by atoms with Crippen LogP contribution in [-0.4, -0.2) is 20.2 Å². The fourth-order valence-corrected chi connectivity index (χ4v) is 2.04. The van der Waals surface area contributed by atoms with Gasteiger partial charge in [0.05, 0.1) is 14.2 Å². The molecule has 0 amide bonds. The molecule has 0 aliphatic heterocycles. The summed E-state index contributed by atoms with van der Waals surface area (Å²) in [5, 5.41) is 9.04. The third kappa shape index (κ3) is 4.37. The molecule has 0 bridgehead atoms. The summed E-state index contributed by atoms with van der Waals surface area (Å²) in [6.45, 7) is 0.381. The summed E-state index contributed by atoms with van der Waals surface area (Å²) in [7, 11) is 2.78. The second-order valence-corrected chi connectivity index (χ2v) is 4.85. The summed E-state index contributed by atoms with van der Waals surface area (Å²) < 4.78 is 15.7. The Morgan fingerprint density at radius 2 is 1.88 bits per heavy atom. The summed E-state index contributed by atoms with van der Waals surface area (Å²) in [6, 6.07) is 16.7. The van der Waals surface area contributed by atoms with Crippen LogP contribution in [0.2, 0.25) is 0 Å². The molecule has 122 valence electrons. The minimum absolute atomic E-state index is 0.0864. The molecule has 0 saturated carbocycles. The van der Waals surface area contributed by atoms with Crippen molar-refractivity contribution in [3.8, 4) is 17.6 Å². The zero-order valence-corrected chi connectivity index (χ0v) is 13.5. The molecule has 24 heavy (non-hydrogen) atoms. The molecule has 0 radical (unpaired) electrons. The molecule has 5 nitrogen and oxygen atoms in total. The zero-order valence-electron chi connectivity index (χ0n) is 13.5. The van der Waals surface area contributed by atoms with Crippen LogP contribution in [0.25, 0.3) is 6.08 Å². The van der Waals surface area contributed by atoms with Crippen molar-refractivity contribution in [2.75, 3.05) is 14.2 Å². The van der Waals surface area contributed by atoms with Crippen LogP contribution in [0.4, 0.5) is 0 Å². The molecule has 2 aromatic carbocycles. The van der Waals surface area contributed by atoms with Crippen LogP contribution in [0.1, 0.15) is 11.1 Å². The lowest BCUT2D eigenvalue weighted by molar-refractivity contribution is -0.135. The molecular weight excluding hydrogens is 306 g/mol. The van der Waals surface area contributed by atoms with Crippen LogP contribution in [-0.2, 0) is 16.1 Å². The highest BCUT2D eigenvalue weighted by atomic mass is 16.5. The maximum absolute atomic E-state index is 11.5. The average Bonchev–Trinajstić information content (AvgIpc) is 2.64. The lowest BCUT2D eigenvalue weighted by atomic mass is 10.1. The number of esters is 1. The van der Waals surface area contributed by atoms with E-state index >= 15 is 0 Å². The van der Waals surface area contributed by atoms with Crippen molar-refractivity contribution in [1.82, 2.24) is 0 Å². The van der Waals surface area contributed by atoms with Gasteiger partial charge in [0, 0.05) is 0 Å². The minimum atomic E-state index is -0.680. The summed E-state index contributed by atoms with van der Waals surface area (Å²) >= 11 is 0. The summed E-state index contributed by atoms with van der Waals surface area (Å²) in [5.74, 6) is 0.414. The third-order valence-electron chi connectivity index (χ3n) is 3.26. The van der Waals surface area contributed by atoms with Crippen molar-refractivity contribution >= 4 is 12.0 Å². The highest BCUT2D eigenvalue weighted by Crippen LogP contribution is 2.29. The molecule has 0 aliphatic rings. The standard InChI is InChI=1S/C19H17NO4/c1-22-17-9-8-15(10-16(12-20)19(21)23-2)11-18(17)24-13-14-6-4-3-5-7-14/h3-11H,13H2,1-2H3/b16-10+. The van der Waals surface area contributed by atoms with E-state index < -0.39 is 5.97 Å². The van der Waals surface area contributed by atoms with Gasteiger partial charge in [-0.25, -0.2) is 4.79 Å². The van der Waals surface area contributed by atoms with E-state index in [1.54, 1.807) is 25.3 Å². The minimum Gasteiger partial charge on any atom is -0.493 e. The highest BCUT2D eigenvalue weighted by Gasteiger charge is 2.10. The Hall–Kier alpha value is -3.26. The van der Waals surface area contributed by atoms with E-state index in [-0.39, 0.29) is 5.57 Å². The molecule has 2 aromatic rings. The third-order valence-corrected chi connectivity index (χ3v) is 3.26. The molecule has 0 fully saturated rings. The second-order valence-electron chi connectivity index (χ2n) is 4.85. The van der Waals surface area contributed by atoms with Gasteiger partial charge in [0.15, 0.2) is 11.5 Å². The molecular formula is C19H17NO4. The normalized spacial score (nSPS) is 10.6. The van der Waals surface area contributed by atoms with E-state index in [1.165, 1.54) is 13.2 Å². The SMILES string of the molecule is COC(=O)/C(C#N)=C/c1ccc(OC)c(OCc2ccccc2)c1. The molecule has 0 saturated heterocycles. The van der Waals surface area contributed by atoms with Gasteiger partial charge in [-0.05, 0) is 29.3 Å².